The lowest BCUT2D eigenvalue weighted by atomic mass is 9.94. The van der Waals surface area contributed by atoms with Gasteiger partial charge in [0, 0.05) is 18.5 Å². The van der Waals surface area contributed by atoms with Crippen LogP contribution in [0.4, 0.5) is 13.2 Å². The van der Waals surface area contributed by atoms with E-state index >= 15 is 0 Å². The van der Waals surface area contributed by atoms with E-state index in [4.69, 9.17) is 0 Å². The SMILES string of the molecule is FC(F)(F)c1ccc([C@]23C[C@H]2CN(CCCS)C3)cc1. The highest BCUT2D eigenvalue weighted by molar-refractivity contribution is 7.80. The summed E-state index contributed by atoms with van der Waals surface area (Å²) in [6, 6.07) is 5.78. The summed E-state index contributed by atoms with van der Waals surface area (Å²) in [5.41, 5.74) is 0.643. The van der Waals surface area contributed by atoms with Gasteiger partial charge in [0.15, 0.2) is 0 Å². The zero-order valence-corrected chi connectivity index (χ0v) is 12.1. The number of alkyl halides is 3. The molecular formula is C15H18F3NS. The third kappa shape index (κ3) is 2.46. The molecule has 0 unspecified atom stereocenters. The molecule has 0 aromatic heterocycles. The van der Waals surface area contributed by atoms with Gasteiger partial charge in [0.25, 0.3) is 0 Å². The van der Waals surface area contributed by atoms with E-state index in [1.807, 2.05) is 0 Å². The molecule has 1 heterocycles. The molecule has 0 radical (unpaired) electrons. The average molecular weight is 301 g/mol. The summed E-state index contributed by atoms with van der Waals surface area (Å²) < 4.78 is 37.8. The Labute approximate surface area is 122 Å². The van der Waals surface area contributed by atoms with Crippen LogP contribution < -0.4 is 0 Å². The zero-order valence-electron chi connectivity index (χ0n) is 11.2. The molecule has 0 spiro atoms. The fourth-order valence-electron chi connectivity index (χ4n) is 3.49. The number of hydrogen-bond acceptors (Lipinski definition) is 2. The summed E-state index contributed by atoms with van der Waals surface area (Å²) in [6.07, 6.45) is -2.05. The Bertz CT molecular complexity index is 485. The van der Waals surface area contributed by atoms with E-state index in [0.717, 1.165) is 43.8 Å². The smallest absolute Gasteiger partial charge is 0.302 e. The minimum Gasteiger partial charge on any atom is -0.302 e. The Hall–Kier alpha value is -0.680. The number of nitrogens with zero attached hydrogens (tertiary/aromatic N) is 1. The Balaban J connectivity index is 1.71. The summed E-state index contributed by atoms with van der Waals surface area (Å²) in [5.74, 6) is 1.51. The molecule has 5 heteroatoms. The van der Waals surface area contributed by atoms with Gasteiger partial charge in [-0.05, 0) is 48.8 Å². The van der Waals surface area contributed by atoms with Crippen LogP contribution in [0.15, 0.2) is 24.3 Å². The van der Waals surface area contributed by atoms with Crippen LogP contribution in [0.2, 0.25) is 0 Å². The number of halogens is 3. The van der Waals surface area contributed by atoms with Crippen molar-refractivity contribution in [2.24, 2.45) is 5.92 Å². The third-order valence-corrected chi connectivity index (χ3v) is 4.95. The van der Waals surface area contributed by atoms with Crippen LogP contribution >= 0.6 is 12.6 Å². The Morgan fingerprint density at radius 3 is 2.55 bits per heavy atom. The van der Waals surface area contributed by atoms with Crippen molar-refractivity contribution in [3.63, 3.8) is 0 Å². The van der Waals surface area contributed by atoms with Gasteiger partial charge in [-0.15, -0.1) is 0 Å². The summed E-state index contributed by atoms with van der Waals surface area (Å²) in [6.45, 7) is 3.11. The van der Waals surface area contributed by atoms with E-state index in [2.05, 4.69) is 17.5 Å². The molecule has 110 valence electrons. The highest BCUT2D eigenvalue weighted by atomic mass is 32.1. The van der Waals surface area contributed by atoms with Crippen molar-refractivity contribution in [1.29, 1.82) is 0 Å². The third-order valence-electron chi connectivity index (χ3n) is 4.64. The molecule has 1 aliphatic carbocycles. The lowest BCUT2D eigenvalue weighted by molar-refractivity contribution is -0.137. The first-order chi connectivity index (χ1) is 9.45. The Morgan fingerprint density at radius 1 is 1.25 bits per heavy atom. The first-order valence-electron chi connectivity index (χ1n) is 6.97. The molecule has 1 saturated heterocycles. The zero-order chi connectivity index (χ0) is 14.4. The normalized spacial score (nSPS) is 29.5. The molecule has 2 atom stereocenters. The molecule has 2 aliphatic rings. The molecule has 1 saturated carbocycles. The highest BCUT2D eigenvalue weighted by Gasteiger charge is 2.60. The highest BCUT2D eigenvalue weighted by Crippen LogP contribution is 2.59. The molecule has 0 amide bonds. The fraction of sp³-hybridized carbons (Fsp3) is 0.600. The first-order valence-corrected chi connectivity index (χ1v) is 7.60. The fourth-order valence-corrected chi connectivity index (χ4v) is 3.63. The molecule has 1 nitrogen and oxygen atoms in total. The second kappa shape index (κ2) is 4.95. The maximum absolute atomic E-state index is 12.6. The van der Waals surface area contributed by atoms with Crippen molar-refractivity contribution >= 4 is 12.6 Å². The average Bonchev–Trinajstić information content (AvgIpc) is 2.99. The van der Waals surface area contributed by atoms with Crippen LogP contribution in [0.3, 0.4) is 0 Å². The summed E-state index contributed by atoms with van der Waals surface area (Å²) >= 11 is 4.22. The van der Waals surface area contributed by atoms with Gasteiger partial charge in [-0.2, -0.15) is 25.8 Å². The van der Waals surface area contributed by atoms with Gasteiger partial charge in [0.05, 0.1) is 5.56 Å². The van der Waals surface area contributed by atoms with Crippen molar-refractivity contribution in [2.75, 3.05) is 25.4 Å². The van der Waals surface area contributed by atoms with Gasteiger partial charge >= 0.3 is 6.18 Å². The summed E-state index contributed by atoms with van der Waals surface area (Å²) in [5, 5.41) is 0. The molecule has 20 heavy (non-hydrogen) atoms. The van der Waals surface area contributed by atoms with Gasteiger partial charge in [0.2, 0.25) is 0 Å². The number of rotatable bonds is 4. The maximum Gasteiger partial charge on any atom is 0.416 e. The van der Waals surface area contributed by atoms with Crippen LogP contribution in [0.5, 0.6) is 0 Å². The van der Waals surface area contributed by atoms with E-state index in [9.17, 15) is 13.2 Å². The van der Waals surface area contributed by atoms with Crippen molar-refractivity contribution in [1.82, 2.24) is 4.90 Å². The lowest BCUT2D eigenvalue weighted by Gasteiger charge is -2.21. The second-order valence-corrected chi connectivity index (χ2v) is 6.39. The topological polar surface area (TPSA) is 3.24 Å². The van der Waals surface area contributed by atoms with Gasteiger partial charge in [0.1, 0.15) is 0 Å². The van der Waals surface area contributed by atoms with Gasteiger partial charge in [-0.1, -0.05) is 12.1 Å². The van der Waals surface area contributed by atoms with Crippen LogP contribution in [0, 0.1) is 5.92 Å². The second-order valence-electron chi connectivity index (χ2n) is 5.94. The van der Waals surface area contributed by atoms with Crippen LogP contribution in [0.1, 0.15) is 24.0 Å². The largest absolute Gasteiger partial charge is 0.416 e. The Morgan fingerprint density at radius 2 is 1.95 bits per heavy atom. The summed E-state index contributed by atoms with van der Waals surface area (Å²) in [4.78, 5) is 2.42. The van der Waals surface area contributed by atoms with Crippen molar-refractivity contribution in [3.8, 4) is 0 Å². The molecule has 3 rings (SSSR count). The quantitative estimate of drug-likeness (QED) is 0.832. The Kier molecular flexibility index (Phi) is 3.53. The van der Waals surface area contributed by atoms with Crippen molar-refractivity contribution < 1.29 is 13.2 Å². The lowest BCUT2D eigenvalue weighted by Crippen LogP contribution is -2.27. The standard InChI is InChI=1S/C15H18F3NS/c16-15(17,18)12-4-2-11(3-5-12)14-8-13(14)9-19(10-14)6-1-7-20/h2-5,13,20H,1,6-10H2/t13-,14+/m0/s1. The van der Waals surface area contributed by atoms with Crippen LogP contribution in [-0.4, -0.2) is 30.3 Å². The van der Waals surface area contributed by atoms with E-state index < -0.39 is 11.7 Å². The number of hydrogen-bond donors (Lipinski definition) is 1. The molecule has 2 fully saturated rings. The molecule has 0 bridgehead atoms. The number of thiol groups is 1. The van der Waals surface area contributed by atoms with Crippen molar-refractivity contribution in [2.45, 2.75) is 24.4 Å². The van der Waals surface area contributed by atoms with E-state index in [0.29, 0.717) is 5.92 Å². The first kappa shape index (κ1) is 14.3. The number of likely N-dealkylation sites (tertiary alicyclic amines) is 1. The van der Waals surface area contributed by atoms with Gasteiger partial charge < -0.3 is 4.90 Å². The predicted molar refractivity (Wildman–Crippen MR) is 76.1 cm³/mol. The molecule has 1 aromatic carbocycles. The van der Waals surface area contributed by atoms with Gasteiger partial charge in [-0.3, -0.25) is 0 Å². The molecular weight excluding hydrogens is 283 g/mol. The predicted octanol–water partition coefficient (Wildman–Crippen LogP) is 3.60. The maximum atomic E-state index is 12.6. The number of benzene rings is 1. The molecule has 0 N–H and O–H groups in total. The molecule has 1 aliphatic heterocycles. The number of piperidine rings is 1. The van der Waals surface area contributed by atoms with Crippen molar-refractivity contribution in [3.05, 3.63) is 35.4 Å². The van der Waals surface area contributed by atoms with E-state index in [1.165, 1.54) is 12.1 Å². The van der Waals surface area contributed by atoms with E-state index in [-0.39, 0.29) is 5.41 Å². The van der Waals surface area contributed by atoms with Gasteiger partial charge in [-0.25, -0.2) is 0 Å². The monoisotopic (exact) mass is 301 g/mol. The summed E-state index contributed by atoms with van der Waals surface area (Å²) in [7, 11) is 0. The molecule has 1 aromatic rings. The number of fused-ring (bicyclic) bond motifs is 1. The minimum atomic E-state index is -4.24. The van der Waals surface area contributed by atoms with Crippen LogP contribution in [0.25, 0.3) is 0 Å². The minimum absolute atomic E-state index is 0.126. The van der Waals surface area contributed by atoms with E-state index in [1.54, 1.807) is 12.1 Å². The van der Waals surface area contributed by atoms with Crippen LogP contribution in [-0.2, 0) is 11.6 Å².